The Balaban J connectivity index is 3.16. The summed E-state index contributed by atoms with van der Waals surface area (Å²) in [6.07, 6.45) is -1.50. The van der Waals surface area contributed by atoms with E-state index in [0.29, 0.717) is 29.8 Å². The van der Waals surface area contributed by atoms with Crippen molar-refractivity contribution in [2.45, 2.75) is 110 Å². The summed E-state index contributed by atoms with van der Waals surface area (Å²) in [5.74, 6) is -0.548. The largest absolute Gasteiger partial charge is 0.459 e. The zero-order valence-electron chi connectivity index (χ0n) is 21.6. The second-order valence-electron chi connectivity index (χ2n) is 9.87. The zero-order chi connectivity index (χ0) is 24.5. The predicted molar refractivity (Wildman–Crippen MR) is 133 cm³/mol. The van der Waals surface area contributed by atoms with E-state index in [0.717, 1.165) is 5.56 Å². The fourth-order valence-corrected chi connectivity index (χ4v) is 10.4. The van der Waals surface area contributed by atoms with Gasteiger partial charge >= 0.3 is 5.97 Å². The minimum atomic E-state index is -2.10. The lowest BCUT2D eigenvalue weighted by Crippen LogP contribution is -2.51. The van der Waals surface area contributed by atoms with Gasteiger partial charge in [-0.3, -0.25) is 4.79 Å². The van der Waals surface area contributed by atoms with Crippen LogP contribution in [0, 0.1) is 5.92 Å². The molecule has 6 heteroatoms. The van der Waals surface area contributed by atoms with Crippen molar-refractivity contribution < 1.29 is 23.8 Å². The maximum Gasteiger partial charge on any atom is 0.305 e. The van der Waals surface area contributed by atoms with Gasteiger partial charge in [0.1, 0.15) is 6.10 Å². The minimum Gasteiger partial charge on any atom is -0.459 e. The Bertz CT molecular complexity index is 638. The van der Waals surface area contributed by atoms with E-state index in [-0.39, 0.29) is 24.4 Å². The number of ether oxygens (including phenoxy) is 2. The molecule has 1 aromatic carbocycles. The molecule has 184 valence electrons. The Kier molecular flexibility index (Phi) is 12.1. The van der Waals surface area contributed by atoms with Crippen LogP contribution < -0.4 is 0 Å². The first-order valence-corrected chi connectivity index (χ1v) is 14.3. The van der Waals surface area contributed by atoms with Crippen molar-refractivity contribution in [2.75, 3.05) is 6.61 Å². The molecular weight excluding hydrogens is 420 g/mol. The quantitative estimate of drug-likeness (QED) is 0.265. The Labute approximate surface area is 197 Å². The highest BCUT2D eigenvalue weighted by Crippen LogP contribution is 2.42. The van der Waals surface area contributed by atoms with E-state index in [1.165, 1.54) is 0 Å². The van der Waals surface area contributed by atoms with Crippen LogP contribution in [0.2, 0.25) is 16.6 Å². The first-order valence-electron chi connectivity index (χ1n) is 12.1. The van der Waals surface area contributed by atoms with E-state index in [9.17, 15) is 9.90 Å². The molecule has 0 heterocycles. The summed E-state index contributed by atoms with van der Waals surface area (Å²) in [6, 6.07) is 10.0. The SMILES string of the molecule is CCC(=O)O[C@@H]([C@H](C)[C@H](CO[Si](C(C)C)(C(C)C)C(C)C)OCc1ccccc1)[C@H](C)O. The van der Waals surface area contributed by atoms with Crippen molar-refractivity contribution in [3.05, 3.63) is 35.9 Å². The molecule has 0 fully saturated rings. The molecule has 1 aromatic rings. The van der Waals surface area contributed by atoms with Crippen molar-refractivity contribution in [3.63, 3.8) is 0 Å². The Morgan fingerprint density at radius 3 is 1.91 bits per heavy atom. The van der Waals surface area contributed by atoms with E-state index >= 15 is 0 Å². The van der Waals surface area contributed by atoms with Gasteiger partial charge in [0.25, 0.3) is 0 Å². The smallest absolute Gasteiger partial charge is 0.305 e. The Morgan fingerprint density at radius 2 is 1.47 bits per heavy atom. The van der Waals surface area contributed by atoms with Crippen LogP contribution in [0.5, 0.6) is 0 Å². The van der Waals surface area contributed by atoms with Crippen molar-refractivity contribution in [2.24, 2.45) is 5.92 Å². The van der Waals surface area contributed by atoms with Gasteiger partial charge in [0.2, 0.25) is 0 Å². The number of aliphatic hydroxyl groups is 1. The van der Waals surface area contributed by atoms with Gasteiger partial charge in [-0.2, -0.15) is 0 Å². The fraction of sp³-hybridized carbons (Fsp3) is 0.731. The van der Waals surface area contributed by atoms with Crippen LogP contribution in [-0.4, -0.2) is 44.3 Å². The van der Waals surface area contributed by atoms with Gasteiger partial charge in [0.05, 0.1) is 25.4 Å². The van der Waals surface area contributed by atoms with Gasteiger partial charge in [-0.25, -0.2) is 0 Å². The third-order valence-electron chi connectivity index (χ3n) is 6.65. The van der Waals surface area contributed by atoms with Gasteiger partial charge < -0.3 is 19.0 Å². The molecule has 0 saturated carbocycles. The van der Waals surface area contributed by atoms with E-state index in [4.69, 9.17) is 13.9 Å². The Hall–Kier alpha value is -1.21. The van der Waals surface area contributed by atoms with Crippen molar-refractivity contribution in [3.8, 4) is 0 Å². The average Bonchev–Trinajstić information content (AvgIpc) is 2.73. The van der Waals surface area contributed by atoms with Crippen molar-refractivity contribution in [1.29, 1.82) is 0 Å². The highest BCUT2D eigenvalue weighted by molar-refractivity contribution is 6.77. The van der Waals surface area contributed by atoms with Gasteiger partial charge in [-0.1, -0.05) is 85.7 Å². The molecule has 4 atom stereocenters. The summed E-state index contributed by atoms with van der Waals surface area (Å²) in [7, 11) is -2.10. The molecule has 0 aliphatic heterocycles. The van der Waals surface area contributed by atoms with Crippen molar-refractivity contribution >= 4 is 14.3 Å². The molecule has 1 N–H and O–H groups in total. The molecule has 0 radical (unpaired) electrons. The molecule has 0 saturated heterocycles. The summed E-state index contributed by atoms with van der Waals surface area (Å²) in [6.45, 7) is 19.8. The third-order valence-corrected chi connectivity index (χ3v) is 12.7. The van der Waals surface area contributed by atoms with Crippen molar-refractivity contribution in [1.82, 2.24) is 0 Å². The van der Waals surface area contributed by atoms with Gasteiger partial charge in [-0.15, -0.1) is 0 Å². The van der Waals surface area contributed by atoms with Crippen LogP contribution in [0.25, 0.3) is 0 Å². The second-order valence-corrected chi connectivity index (χ2v) is 15.3. The molecule has 0 amide bonds. The molecule has 0 spiro atoms. The topological polar surface area (TPSA) is 65.0 Å². The first kappa shape index (κ1) is 28.8. The van der Waals surface area contributed by atoms with E-state index in [1.54, 1.807) is 13.8 Å². The number of rotatable bonds is 14. The number of benzene rings is 1. The number of aliphatic hydroxyl groups excluding tert-OH is 1. The van der Waals surface area contributed by atoms with Crippen LogP contribution in [0.4, 0.5) is 0 Å². The lowest BCUT2D eigenvalue weighted by Gasteiger charge is -2.43. The van der Waals surface area contributed by atoms with Crippen LogP contribution in [0.1, 0.15) is 74.3 Å². The molecule has 0 aliphatic rings. The monoisotopic (exact) mass is 466 g/mol. The molecule has 0 aliphatic carbocycles. The van der Waals surface area contributed by atoms with Gasteiger partial charge in [0.15, 0.2) is 8.32 Å². The first-order chi connectivity index (χ1) is 15.0. The number of carbonyl (C=O) groups is 1. The predicted octanol–water partition coefficient (Wildman–Crippen LogP) is 6.10. The highest BCUT2D eigenvalue weighted by Gasteiger charge is 2.46. The molecule has 1 rings (SSSR count). The molecule has 0 aromatic heterocycles. The maximum atomic E-state index is 12.0. The minimum absolute atomic E-state index is 0.229. The van der Waals surface area contributed by atoms with Gasteiger partial charge in [-0.05, 0) is 29.1 Å². The fourth-order valence-electron chi connectivity index (χ4n) is 4.95. The molecule has 32 heavy (non-hydrogen) atoms. The number of hydrogen-bond donors (Lipinski definition) is 1. The molecule has 0 unspecified atom stereocenters. The van der Waals surface area contributed by atoms with Crippen LogP contribution in [0.15, 0.2) is 30.3 Å². The third kappa shape index (κ3) is 7.68. The molecular formula is C26H46O5Si. The summed E-state index contributed by atoms with van der Waals surface area (Å²) in [4.78, 5) is 12.0. The summed E-state index contributed by atoms with van der Waals surface area (Å²) in [5, 5.41) is 10.4. The molecule has 0 bridgehead atoms. The number of esters is 1. The summed E-state index contributed by atoms with van der Waals surface area (Å²) in [5.41, 5.74) is 2.44. The Morgan fingerprint density at radius 1 is 0.938 bits per heavy atom. The van der Waals surface area contributed by atoms with E-state index in [2.05, 4.69) is 41.5 Å². The van der Waals surface area contributed by atoms with Crippen LogP contribution >= 0.6 is 0 Å². The summed E-state index contributed by atoms with van der Waals surface area (Å²) < 4.78 is 18.8. The highest BCUT2D eigenvalue weighted by atomic mass is 28.4. The van der Waals surface area contributed by atoms with Crippen LogP contribution in [-0.2, 0) is 25.3 Å². The summed E-state index contributed by atoms with van der Waals surface area (Å²) >= 11 is 0. The normalized spacial score (nSPS) is 16.3. The lowest BCUT2D eigenvalue weighted by molar-refractivity contribution is -0.165. The van der Waals surface area contributed by atoms with Crippen LogP contribution in [0.3, 0.4) is 0 Å². The van der Waals surface area contributed by atoms with E-state index in [1.807, 2.05) is 37.3 Å². The lowest BCUT2D eigenvalue weighted by atomic mass is 9.94. The zero-order valence-corrected chi connectivity index (χ0v) is 22.6. The average molecular weight is 467 g/mol. The second kappa shape index (κ2) is 13.5. The maximum absolute atomic E-state index is 12.0. The standard InChI is InChI=1S/C26H46O5Si/c1-10-25(28)31-26(22(9)27)21(8)24(29-16-23-14-12-11-13-15-23)17-30-32(18(2)3,19(4)5)20(6)7/h11-15,18-22,24,26-27H,10,16-17H2,1-9H3/t21-,22+,24+,26+/m1/s1. The number of carbonyl (C=O) groups excluding carboxylic acids is 1. The number of hydrogen-bond acceptors (Lipinski definition) is 5. The molecule has 5 nitrogen and oxygen atoms in total. The van der Waals surface area contributed by atoms with E-state index < -0.39 is 20.5 Å². The van der Waals surface area contributed by atoms with Gasteiger partial charge in [0, 0.05) is 12.3 Å².